The van der Waals surface area contributed by atoms with Crippen LogP contribution in [0.25, 0.3) is 0 Å². The van der Waals surface area contributed by atoms with Crippen molar-refractivity contribution in [1.29, 1.82) is 0 Å². The third-order valence-electron chi connectivity index (χ3n) is 2.20. The summed E-state index contributed by atoms with van der Waals surface area (Å²) in [5, 5.41) is 0.626. The van der Waals surface area contributed by atoms with Crippen LogP contribution in [-0.2, 0) is 0 Å². The Morgan fingerprint density at radius 2 is 2.08 bits per heavy atom. The van der Waals surface area contributed by atoms with E-state index < -0.39 is 0 Å². The van der Waals surface area contributed by atoms with Gasteiger partial charge in [0.15, 0.2) is 0 Å². The summed E-state index contributed by atoms with van der Waals surface area (Å²) in [5.41, 5.74) is 8.63. The summed E-state index contributed by atoms with van der Waals surface area (Å²) in [6.07, 6.45) is 0. The van der Waals surface area contributed by atoms with Crippen LogP contribution in [-0.4, -0.2) is 13.6 Å². The van der Waals surface area contributed by atoms with E-state index >= 15 is 0 Å². The molecule has 1 aromatic carbocycles. The molecule has 1 aromatic rings. The van der Waals surface area contributed by atoms with E-state index in [4.69, 9.17) is 17.3 Å². The lowest BCUT2D eigenvalue weighted by atomic mass is 10.1. The van der Waals surface area contributed by atoms with Gasteiger partial charge in [0.25, 0.3) is 0 Å². The lowest BCUT2D eigenvalue weighted by Gasteiger charge is -2.20. The van der Waals surface area contributed by atoms with Crippen molar-refractivity contribution in [2.45, 2.75) is 13.8 Å². The third kappa shape index (κ3) is 2.07. The summed E-state index contributed by atoms with van der Waals surface area (Å²) in [4.78, 5) is 2.14. The average molecular weight is 199 g/mol. The number of hydrogen-bond acceptors (Lipinski definition) is 2. The van der Waals surface area contributed by atoms with Gasteiger partial charge in [-0.05, 0) is 31.5 Å². The van der Waals surface area contributed by atoms with Crippen LogP contribution in [0.15, 0.2) is 12.1 Å². The van der Waals surface area contributed by atoms with Gasteiger partial charge in [-0.3, -0.25) is 0 Å². The Labute approximate surface area is 84.3 Å². The molecule has 13 heavy (non-hydrogen) atoms. The summed E-state index contributed by atoms with van der Waals surface area (Å²) < 4.78 is 0. The summed E-state index contributed by atoms with van der Waals surface area (Å²) in [6, 6.07) is 3.82. The minimum atomic E-state index is 0.626. The number of rotatable bonds is 2. The van der Waals surface area contributed by atoms with Crippen molar-refractivity contribution in [1.82, 2.24) is 0 Å². The molecule has 0 aromatic heterocycles. The second-order valence-corrected chi connectivity index (χ2v) is 3.58. The number of aryl methyl sites for hydroxylation is 1. The maximum atomic E-state index is 5.94. The smallest absolute Gasteiger partial charge is 0.0656 e. The molecule has 0 fully saturated rings. The average Bonchev–Trinajstić information content (AvgIpc) is 2.10. The molecular weight excluding hydrogens is 184 g/mol. The van der Waals surface area contributed by atoms with E-state index in [-0.39, 0.29) is 0 Å². The van der Waals surface area contributed by atoms with E-state index in [1.165, 1.54) is 0 Å². The van der Waals surface area contributed by atoms with Crippen LogP contribution >= 0.6 is 11.6 Å². The molecule has 2 N–H and O–H groups in total. The standard InChI is InChI=1S/C10H15ClN2/c1-4-13(3)10-6-8(11)9(12)5-7(10)2/h5-6H,4,12H2,1-3H3. The van der Waals surface area contributed by atoms with Gasteiger partial charge in [-0.15, -0.1) is 0 Å². The molecule has 0 heterocycles. The molecule has 0 unspecified atom stereocenters. The predicted molar refractivity (Wildman–Crippen MR) is 59.5 cm³/mol. The molecular formula is C10H15ClN2. The zero-order chi connectivity index (χ0) is 10.0. The Morgan fingerprint density at radius 3 is 2.62 bits per heavy atom. The van der Waals surface area contributed by atoms with Crippen molar-refractivity contribution in [2.24, 2.45) is 0 Å². The number of anilines is 2. The van der Waals surface area contributed by atoms with Crippen LogP contribution in [0.4, 0.5) is 11.4 Å². The molecule has 1 rings (SSSR count). The third-order valence-corrected chi connectivity index (χ3v) is 2.53. The summed E-state index contributed by atoms with van der Waals surface area (Å²) in [5.74, 6) is 0. The molecule has 0 spiro atoms. The van der Waals surface area contributed by atoms with E-state index in [1.807, 2.05) is 26.1 Å². The molecule has 0 atom stereocenters. The first-order chi connectivity index (χ1) is 6.06. The van der Waals surface area contributed by atoms with Gasteiger partial charge in [-0.1, -0.05) is 11.6 Å². The van der Waals surface area contributed by atoms with Gasteiger partial charge in [-0.25, -0.2) is 0 Å². The lowest BCUT2D eigenvalue weighted by molar-refractivity contribution is 0.961. The normalized spacial score (nSPS) is 10.2. The molecule has 72 valence electrons. The largest absolute Gasteiger partial charge is 0.398 e. The van der Waals surface area contributed by atoms with Crippen molar-refractivity contribution in [3.63, 3.8) is 0 Å². The van der Waals surface area contributed by atoms with Crippen LogP contribution < -0.4 is 10.6 Å². The number of halogens is 1. The van der Waals surface area contributed by atoms with Crippen molar-refractivity contribution in [3.05, 3.63) is 22.7 Å². The second kappa shape index (κ2) is 3.88. The molecule has 0 radical (unpaired) electrons. The number of nitrogens with two attached hydrogens (primary N) is 1. The number of nitrogen functional groups attached to an aromatic ring is 1. The Balaban J connectivity index is 3.15. The quantitative estimate of drug-likeness (QED) is 0.741. The molecule has 0 amide bonds. The van der Waals surface area contributed by atoms with E-state index in [0.29, 0.717) is 10.7 Å². The van der Waals surface area contributed by atoms with Crippen molar-refractivity contribution >= 4 is 23.0 Å². The zero-order valence-corrected chi connectivity index (χ0v) is 9.02. The SMILES string of the molecule is CCN(C)c1cc(Cl)c(N)cc1C. The highest BCUT2D eigenvalue weighted by atomic mass is 35.5. The van der Waals surface area contributed by atoms with Crippen LogP contribution in [0, 0.1) is 6.92 Å². The topological polar surface area (TPSA) is 29.3 Å². The minimum absolute atomic E-state index is 0.626. The summed E-state index contributed by atoms with van der Waals surface area (Å²) in [7, 11) is 2.04. The maximum absolute atomic E-state index is 5.94. The fourth-order valence-electron chi connectivity index (χ4n) is 1.27. The number of benzene rings is 1. The highest BCUT2D eigenvalue weighted by Crippen LogP contribution is 2.28. The van der Waals surface area contributed by atoms with E-state index in [1.54, 1.807) is 0 Å². The van der Waals surface area contributed by atoms with Gasteiger partial charge in [0.1, 0.15) is 0 Å². The van der Waals surface area contributed by atoms with Crippen LogP contribution in [0.1, 0.15) is 12.5 Å². The maximum Gasteiger partial charge on any atom is 0.0656 e. The highest BCUT2D eigenvalue weighted by Gasteiger charge is 2.05. The summed E-state index contributed by atoms with van der Waals surface area (Å²) in [6.45, 7) is 5.10. The number of nitrogens with zero attached hydrogens (tertiary/aromatic N) is 1. The monoisotopic (exact) mass is 198 g/mol. The van der Waals surface area contributed by atoms with Crippen LogP contribution in [0.5, 0.6) is 0 Å². The predicted octanol–water partition coefficient (Wildman–Crippen LogP) is 2.69. The van der Waals surface area contributed by atoms with Crippen LogP contribution in [0.3, 0.4) is 0 Å². The van der Waals surface area contributed by atoms with Gasteiger partial charge < -0.3 is 10.6 Å². The van der Waals surface area contributed by atoms with Gasteiger partial charge >= 0.3 is 0 Å². The van der Waals surface area contributed by atoms with E-state index in [9.17, 15) is 0 Å². The highest BCUT2D eigenvalue weighted by molar-refractivity contribution is 6.33. The lowest BCUT2D eigenvalue weighted by Crippen LogP contribution is -2.17. The first kappa shape index (κ1) is 10.2. The molecule has 2 nitrogen and oxygen atoms in total. The Kier molecular flexibility index (Phi) is 3.04. The first-order valence-corrected chi connectivity index (χ1v) is 4.70. The minimum Gasteiger partial charge on any atom is -0.398 e. The second-order valence-electron chi connectivity index (χ2n) is 3.17. The Bertz CT molecular complexity index is 310. The Hall–Kier alpha value is -0.890. The molecule has 0 saturated heterocycles. The number of hydrogen-bond donors (Lipinski definition) is 1. The van der Waals surface area contributed by atoms with Crippen LogP contribution in [0.2, 0.25) is 5.02 Å². The van der Waals surface area contributed by atoms with Crippen molar-refractivity contribution < 1.29 is 0 Å². The first-order valence-electron chi connectivity index (χ1n) is 4.33. The van der Waals surface area contributed by atoms with Gasteiger partial charge in [0, 0.05) is 19.3 Å². The molecule has 0 bridgehead atoms. The molecule has 3 heteroatoms. The Morgan fingerprint density at radius 1 is 1.46 bits per heavy atom. The summed E-state index contributed by atoms with van der Waals surface area (Å²) >= 11 is 5.94. The molecule has 0 aliphatic heterocycles. The van der Waals surface area contributed by atoms with E-state index in [0.717, 1.165) is 17.8 Å². The zero-order valence-electron chi connectivity index (χ0n) is 8.26. The van der Waals surface area contributed by atoms with Gasteiger partial charge in [0.05, 0.1) is 10.7 Å². The molecule has 0 aliphatic carbocycles. The van der Waals surface area contributed by atoms with Crippen molar-refractivity contribution in [2.75, 3.05) is 24.2 Å². The fourth-order valence-corrected chi connectivity index (χ4v) is 1.43. The van der Waals surface area contributed by atoms with Crippen molar-refractivity contribution in [3.8, 4) is 0 Å². The van der Waals surface area contributed by atoms with Gasteiger partial charge in [0.2, 0.25) is 0 Å². The van der Waals surface area contributed by atoms with E-state index in [2.05, 4.69) is 11.8 Å². The molecule has 0 saturated carbocycles. The molecule has 0 aliphatic rings. The fraction of sp³-hybridized carbons (Fsp3) is 0.400. The van der Waals surface area contributed by atoms with Gasteiger partial charge in [-0.2, -0.15) is 0 Å².